The van der Waals surface area contributed by atoms with E-state index >= 15 is 0 Å². The number of para-hydroxylation sites is 1. The summed E-state index contributed by atoms with van der Waals surface area (Å²) in [6, 6.07) is 7.09. The van der Waals surface area contributed by atoms with Crippen molar-refractivity contribution in [1.29, 1.82) is 0 Å². The van der Waals surface area contributed by atoms with Crippen LogP contribution in [0.25, 0.3) is 22.6 Å². The number of anilines is 1. The number of fused-ring (bicyclic) bond motifs is 1. The van der Waals surface area contributed by atoms with Gasteiger partial charge in [-0.3, -0.25) is 0 Å². The number of aromatic amines is 1. The number of rotatable bonds is 1. The Balaban J connectivity index is 2.26. The normalized spacial score (nSPS) is 10.9. The van der Waals surface area contributed by atoms with Crippen LogP contribution < -0.4 is 5.73 Å². The zero-order valence-electron chi connectivity index (χ0n) is 9.81. The van der Waals surface area contributed by atoms with Crippen molar-refractivity contribution in [1.82, 2.24) is 15.0 Å². The first-order chi connectivity index (χ1) is 8.66. The average Bonchev–Trinajstić information content (AvgIpc) is 2.78. The number of nitrogen functional groups attached to an aromatic ring is 1. The summed E-state index contributed by atoms with van der Waals surface area (Å²) in [7, 11) is 0. The van der Waals surface area contributed by atoms with E-state index in [-0.39, 0.29) is 5.75 Å². The van der Waals surface area contributed by atoms with Gasteiger partial charge in [-0.1, -0.05) is 6.07 Å². The third kappa shape index (κ3) is 1.48. The topological polar surface area (TPSA) is 87.8 Å². The molecule has 1 aromatic carbocycles. The van der Waals surface area contributed by atoms with Crippen LogP contribution in [0.3, 0.4) is 0 Å². The molecule has 4 N–H and O–H groups in total. The quantitative estimate of drug-likeness (QED) is 0.449. The molecule has 0 radical (unpaired) electrons. The zero-order chi connectivity index (χ0) is 12.7. The summed E-state index contributed by atoms with van der Waals surface area (Å²) in [6.07, 6.45) is 1.71. The van der Waals surface area contributed by atoms with E-state index in [1.54, 1.807) is 24.4 Å². The van der Waals surface area contributed by atoms with Gasteiger partial charge in [-0.05, 0) is 30.7 Å². The van der Waals surface area contributed by atoms with Gasteiger partial charge in [0.25, 0.3) is 0 Å². The fourth-order valence-corrected chi connectivity index (χ4v) is 1.92. The van der Waals surface area contributed by atoms with E-state index in [9.17, 15) is 5.11 Å². The van der Waals surface area contributed by atoms with Crippen LogP contribution in [0.15, 0.2) is 30.5 Å². The number of aromatic hydroxyl groups is 1. The first kappa shape index (κ1) is 10.6. The molecule has 0 aliphatic rings. The van der Waals surface area contributed by atoms with Gasteiger partial charge in [-0.15, -0.1) is 0 Å². The SMILES string of the molecule is Cc1ccnc2nc(-c3cccc(N)c3O)[nH]c12. The Hall–Kier alpha value is -2.56. The highest BCUT2D eigenvalue weighted by molar-refractivity contribution is 5.81. The number of benzene rings is 1. The van der Waals surface area contributed by atoms with Crippen molar-refractivity contribution in [3.8, 4) is 17.1 Å². The van der Waals surface area contributed by atoms with E-state index in [1.165, 1.54) is 0 Å². The van der Waals surface area contributed by atoms with E-state index in [4.69, 9.17) is 5.73 Å². The van der Waals surface area contributed by atoms with Gasteiger partial charge in [0.1, 0.15) is 11.6 Å². The highest BCUT2D eigenvalue weighted by Crippen LogP contribution is 2.32. The van der Waals surface area contributed by atoms with E-state index in [1.807, 2.05) is 13.0 Å². The van der Waals surface area contributed by atoms with Crippen molar-refractivity contribution in [2.45, 2.75) is 6.92 Å². The number of nitrogens with one attached hydrogen (secondary N) is 1. The lowest BCUT2D eigenvalue weighted by Gasteiger charge is -2.03. The largest absolute Gasteiger partial charge is 0.505 e. The minimum atomic E-state index is 0.0363. The second kappa shape index (κ2) is 3.73. The van der Waals surface area contributed by atoms with Crippen LogP contribution in [-0.4, -0.2) is 20.1 Å². The number of hydrogen-bond donors (Lipinski definition) is 3. The molecule has 3 aromatic rings. The average molecular weight is 240 g/mol. The van der Waals surface area contributed by atoms with Crippen molar-refractivity contribution in [3.63, 3.8) is 0 Å². The maximum Gasteiger partial charge on any atom is 0.178 e. The minimum absolute atomic E-state index is 0.0363. The molecule has 0 unspecified atom stereocenters. The molecule has 0 saturated carbocycles. The molecule has 0 bridgehead atoms. The van der Waals surface area contributed by atoms with Gasteiger partial charge < -0.3 is 15.8 Å². The van der Waals surface area contributed by atoms with Crippen molar-refractivity contribution < 1.29 is 5.11 Å². The van der Waals surface area contributed by atoms with Gasteiger partial charge in [0.05, 0.1) is 16.8 Å². The highest BCUT2D eigenvalue weighted by Gasteiger charge is 2.12. The number of nitrogens with zero attached hydrogens (tertiary/aromatic N) is 2. The van der Waals surface area contributed by atoms with E-state index in [0.29, 0.717) is 22.7 Å². The predicted molar refractivity (Wildman–Crippen MR) is 70.1 cm³/mol. The third-order valence-electron chi connectivity index (χ3n) is 2.92. The van der Waals surface area contributed by atoms with Crippen molar-refractivity contribution >= 4 is 16.9 Å². The van der Waals surface area contributed by atoms with Crippen molar-refractivity contribution in [2.24, 2.45) is 0 Å². The number of imidazole rings is 1. The van der Waals surface area contributed by atoms with E-state index in [2.05, 4.69) is 15.0 Å². The molecular weight excluding hydrogens is 228 g/mol. The van der Waals surface area contributed by atoms with Gasteiger partial charge in [0.2, 0.25) is 0 Å². The number of aromatic nitrogens is 3. The second-order valence-corrected chi connectivity index (χ2v) is 4.16. The van der Waals surface area contributed by atoms with Crippen LogP contribution in [0.4, 0.5) is 5.69 Å². The summed E-state index contributed by atoms with van der Waals surface area (Å²) in [5.41, 5.74) is 9.14. The van der Waals surface area contributed by atoms with Gasteiger partial charge in [-0.25, -0.2) is 9.97 Å². The lowest BCUT2D eigenvalue weighted by atomic mass is 10.1. The Morgan fingerprint density at radius 3 is 2.89 bits per heavy atom. The van der Waals surface area contributed by atoms with Crippen LogP contribution in [0.2, 0.25) is 0 Å². The van der Waals surface area contributed by atoms with Gasteiger partial charge in [-0.2, -0.15) is 0 Å². The van der Waals surface area contributed by atoms with Crippen molar-refractivity contribution in [2.75, 3.05) is 5.73 Å². The van der Waals surface area contributed by atoms with Crippen LogP contribution in [0.1, 0.15) is 5.56 Å². The molecule has 18 heavy (non-hydrogen) atoms. The maximum absolute atomic E-state index is 9.94. The maximum atomic E-state index is 9.94. The second-order valence-electron chi connectivity index (χ2n) is 4.16. The van der Waals surface area contributed by atoms with Gasteiger partial charge >= 0.3 is 0 Å². The minimum Gasteiger partial charge on any atom is -0.505 e. The predicted octanol–water partition coefficient (Wildman–Crippen LogP) is 2.22. The summed E-state index contributed by atoms with van der Waals surface area (Å²) in [5, 5.41) is 9.94. The first-order valence-electron chi connectivity index (χ1n) is 5.56. The standard InChI is InChI=1S/C13H12N4O/c1-7-5-6-15-13-10(7)16-12(17-13)8-3-2-4-9(14)11(8)18/h2-6,18H,14H2,1H3,(H,15,16,17). The number of phenols is 1. The number of pyridine rings is 1. The van der Waals surface area contributed by atoms with Crippen LogP contribution >= 0.6 is 0 Å². The molecule has 0 aliphatic heterocycles. The number of nitrogens with two attached hydrogens (primary N) is 1. The lowest BCUT2D eigenvalue weighted by molar-refractivity contribution is 0.479. The first-order valence-corrected chi connectivity index (χ1v) is 5.56. The summed E-state index contributed by atoms with van der Waals surface area (Å²) in [6.45, 7) is 1.98. The molecule has 5 nitrogen and oxygen atoms in total. The van der Waals surface area contributed by atoms with Gasteiger partial charge in [0.15, 0.2) is 5.65 Å². The Labute approximate surface area is 103 Å². The molecule has 90 valence electrons. The number of hydrogen-bond acceptors (Lipinski definition) is 4. The summed E-state index contributed by atoms with van der Waals surface area (Å²) < 4.78 is 0. The Morgan fingerprint density at radius 2 is 2.11 bits per heavy atom. The Bertz CT molecular complexity index is 733. The number of H-pyrrole nitrogens is 1. The molecule has 0 amide bonds. The number of phenolic OH excluding ortho intramolecular Hbond substituents is 1. The van der Waals surface area contributed by atoms with E-state index < -0.39 is 0 Å². The molecule has 0 saturated heterocycles. The molecule has 3 rings (SSSR count). The van der Waals surface area contributed by atoms with Crippen LogP contribution in [0.5, 0.6) is 5.75 Å². The molecule has 0 atom stereocenters. The van der Waals surface area contributed by atoms with Crippen LogP contribution in [0, 0.1) is 6.92 Å². The summed E-state index contributed by atoms with van der Waals surface area (Å²) >= 11 is 0. The van der Waals surface area contributed by atoms with Gasteiger partial charge in [0, 0.05) is 6.20 Å². The highest BCUT2D eigenvalue weighted by atomic mass is 16.3. The molecule has 0 spiro atoms. The van der Waals surface area contributed by atoms with Crippen molar-refractivity contribution in [3.05, 3.63) is 36.0 Å². The summed E-state index contributed by atoms with van der Waals surface area (Å²) in [5.74, 6) is 0.603. The molecule has 5 heteroatoms. The number of aryl methyl sites for hydroxylation is 1. The van der Waals surface area contributed by atoms with Crippen LogP contribution in [-0.2, 0) is 0 Å². The molecule has 2 heterocycles. The fourth-order valence-electron chi connectivity index (χ4n) is 1.92. The van der Waals surface area contributed by atoms with E-state index in [0.717, 1.165) is 11.1 Å². The molecular formula is C13H12N4O. The third-order valence-corrected chi connectivity index (χ3v) is 2.92. The molecule has 2 aromatic heterocycles. The summed E-state index contributed by atoms with van der Waals surface area (Å²) in [4.78, 5) is 11.7. The zero-order valence-corrected chi connectivity index (χ0v) is 9.81. The Morgan fingerprint density at radius 1 is 1.28 bits per heavy atom. The monoisotopic (exact) mass is 240 g/mol. The fraction of sp³-hybridized carbons (Fsp3) is 0.0769. The lowest BCUT2D eigenvalue weighted by Crippen LogP contribution is -1.88. The Kier molecular flexibility index (Phi) is 2.19. The molecule has 0 fully saturated rings. The smallest absolute Gasteiger partial charge is 0.178 e. The molecule has 0 aliphatic carbocycles.